The van der Waals surface area contributed by atoms with Gasteiger partial charge >= 0.3 is 23.9 Å². The molecule has 0 saturated carbocycles. The lowest BCUT2D eigenvalue weighted by Crippen LogP contribution is -2.61. The van der Waals surface area contributed by atoms with Crippen molar-refractivity contribution in [3.05, 3.63) is 97.2 Å². The van der Waals surface area contributed by atoms with Crippen molar-refractivity contribution in [1.29, 1.82) is 0 Å². The van der Waals surface area contributed by atoms with Gasteiger partial charge in [-0.05, 0) is 109 Å². The largest absolute Gasteiger partial charge is 0.479 e. The second kappa shape index (κ2) is 50.5. The maximum atomic E-state index is 13.1. The zero-order chi connectivity index (χ0) is 54.7. The number of aliphatic hydroxyl groups is 2. The number of rotatable bonds is 48. The fraction of sp³-hybridized carbons (Fsp3) is 0.683. The van der Waals surface area contributed by atoms with E-state index in [2.05, 4.69) is 106 Å². The summed E-state index contributed by atoms with van der Waals surface area (Å²) in [4.78, 5) is 51.0. The second-order valence-corrected chi connectivity index (χ2v) is 19.5. The predicted octanol–water partition coefficient (Wildman–Crippen LogP) is 14.9. The zero-order valence-electron chi connectivity index (χ0n) is 46.8. The molecule has 3 N–H and O–H groups in total. The van der Waals surface area contributed by atoms with Gasteiger partial charge in [0.05, 0.1) is 6.61 Å². The SMILES string of the molecule is CC/C=C\C/C=C\C/C=C\C/C=C\CCC(=O)OC(COC(=O)CCCCCCCC/C=C\C/C=C\C/C=C\CCCCC)COC1OC(C(=O)O)C(O)C(O)C1OC(=O)CCCCCCC/C=C\CCCCCC. The lowest BCUT2D eigenvalue weighted by atomic mass is 9.98. The second-order valence-electron chi connectivity index (χ2n) is 19.5. The van der Waals surface area contributed by atoms with Crippen LogP contribution in [0.1, 0.15) is 226 Å². The van der Waals surface area contributed by atoms with Gasteiger partial charge in [0.15, 0.2) is 24.6 Å². The molecule has 1 heterocycles. The zero-order valence-corrected chi connectivity index (χ0v) is 46.8. The number of allylic oxidation sites excluding steroid dienone is 16. The first-order chi connectivity index (χ1) is 36.6. The number of unbranched alkanes of at least 4 members (excludes halogenated alkanes) is 18. The number of esters is 3. The summed E-state index contributed by atoms with van der Waals surface area (Å²) >= 11 is 0. The lowest BCUT2D eigenvalue weighted by Gasteiger charge is -2.40. The fourth-order valence-corrected chi connectivity index (χ4v) is 8.15. The number of carboxylic acids is 1. The fourth-order valence-electron chi connectivity index (χ4n) is 8.15. The Labute approximate surface area is 453 Å². The van der Waals surface area contributed by atoms with Gasteiger partial charge in [-0.15, -0.1) is 0 Å². The van der Waals surface area contributed by atoms with E-state index in [-0.39, 0.29) is 25.9 Å². The summed E-state index contributed by atoms with van der Waals surface area (Å²) in [5.41, 5.74) is 0. The first kappa shape index (κ1) is 68.7. The molecule has 0 aliphatic carbocycles. The summed E-state index contributed by atoms with van der Waals surface area (Å²) in [5.74, 6) is -3.27. The molecule has 1 aliphatic rings. The Balaban J connectivity index is 2.73. The highest BCUT2D eigenvalue weighted by Crippen LogP contribution is 2.26. The summed E-state index contributed by atoms with van der Waals surface area (Å²) in [7, 11) is 0. The third-order valence-electron chi connectivity index (χ3n) is 12.6. The van der Waals surface area contributed by atoms with Crippen LogP contribution in [-0.4, -0.2) is 89.2 Å². The highest BCUT2D eigenvalue weighted by Gasteiger charge is 2.50. The molecule has 1 rings (SSSR count). The first-order valence-electron chi connectivity index (χ1n) is 29.2. The number of carbonyl (C=O) groups is 4. The molecule has 0 amide bonds. The van der Waals surface area contributed by atoms with Crippen LogP contribution in [0.25, 0.3) is 0 Å². The number of hydrogen-bond donors (Lipinski definition) is 3. The maximum Gasteiger partial charge on any atom is 0.335 e. The van der Waals surface area contributed by atoms with Crippen LogP contribution in [0.3, 0.4) is 0 Å². The highest BCUT2D eigenvalue weighted by molar-refractivity contribution is 5.74. The van der Waals surface area contributed by atoms with E-state index in [4.69, 9.17) is 23.7 Å². The molecule has 0 bridgehead atoms. The number of hydrogen-bond acceptors (Lipinski definition) is 11. The van der Waals surface area contributed by atoms with Crippen LogP contribution >= 0.6 is 0 Å². The van der Waals surface area contributed by atoms with E-state index in [9.17, 15) is 34.5 Å². The summed E-state index contributed by atoms with van der Waals surface area (Å²) < 4.78 is 28.3. The highest BCUT2D eigenvalue weighted by atomic mass is 16.7. The van der Waals surface area contributed by atoms with Gasteiger partial charge in [0.2, 0.25) is 0 Å². The van der Waals surface area contributed by atoms with Crippen molar-refractivity contribution in [3.8, 4) is 0 Å². The first-order valence-corrected chi connectivity index (χ1v) is 29.2. The van der Waals surface area contributed by atoms with Gasteiger partial charge in [-0.1, -0.05) is 195 Å². The summed E-state index contributed by atoms with van der Waals surface area (Å²) in [6.07, 6.45) is 54.0. The van der Waals surface area contributed by atoms with Crippen molar-refractivity contribution in [1.82, 2.24) is 0 Å². The van der Waals surface area contributed by atoms with Gasteiger partial charge in [-0.3, -0.25) is 14.4 Å². The van der Waals surface area contributed by atoms with Crippen LogP contribution in [0.4, 0.5) is 0 Å². The van der Waals surface area contributed by atoms with Gasteiger partial charge in [0.1, 0.15) is 18.8 Å². The van der Waals surface area contributed by atoms with Crippen LogP contribution in [0.5, 0.6) is 0 Å². The molecular weight excluding hydrogens is 949 g/mol. The summed E-state index contributed by atoms with van der Waals surface area (Å²) in [6.45, 7) is 5.74. The van der Waals surface area contributed by atoms with Crippen molar-refractivity contribution in [2.75, 3.05) is 13.2 Å². The van der Waals surface area contributed by atoms with Gasteiger partial charge in [0, 0.05) is 19.3 Å². The normalized spacial score (nSPS) is 18.9. The summed E-state index contributed by atoms with van der Waals surface area (Å²) in [6, 6.07) is 0. The molecule has 0 aromatic rings. The molecule has 75 heavy (non-hydrogen) atoms. The van der Waals surface area contributed by atoms with Crippen LogP contribution in [0, 0.1) is 0 Å². The topological polar surface area (TPSA) is 175 Å². The Hall–Kier alpha value is -4.36. The molecule has 0 spiro atoms. The van der Waals surface area contributed by atoms with Crippen molar-refractivity contribution in [3.63, 3.8) is 0 Å². The molecule has 426 valence electrons. The van der Waals surface area contributed by atoms with Gasteiger partial charge < -0.3 is 39.0 Å². The van der Waals surface area contributed by atoms with E-state index >= 15 is 0 Å². The maximum absolute atomic E-state index is 13.1. The Morgan fingerprint density at radius 3 is 1.37 bits per heavy atom. The average molecular weight is 1050 g/mol. The van der Waals surface area contributed by atoms with Gasteiger partial charge in [0.25, 0.3) is 0 Å². The molecular formula is C63H102O12. The Bertz CT molecular complexity index is 1670. The number of aliphatic hydroxyl groups excluding tert-OH is 2. The third-order valence-corrected chi connectivity index (χ3v) is 12.6. The van der Waals surface area contributed by atoms with Crippen LogP contribution in [-0.2, 0) is 42.9 Å². The standard InChI is InChI=1S/C63H102O12/c1-4-7-10-13-16-19-22-25-26-27-28-29-30-33-34-37-40-43-46-49-55(64)71-52-54(73-56(65)50-47-44-41-38-35-31-23-20-17-14-11-8-5-2)53-72-63-61(59(68)58(67)60(75-63)62(69)70)74-57(66)51-48-45-42-39-36-32-24-21-18-15-12-9-6-3/h8,11,16-17,19-21,24-26,28-29,31,35,41,44,54,58-61,63,67-68H,4-7,9-10,12-15,18,22-23,27,30,32-34,36-40,42-43,45-53H2,1-3H3,(H,69,70)/b11-8-,19-16-,20-17-,24-21-,26-25-,29-28-,35-31-,44-41-. The molecule has 6 unspecified atom stereocenters. The molecule has 6 atom stereocenters. The van der Waals surface area contributed by atoms with E-state index < -0.39 is 67.3 Å². The lowest BCUT2D eigenvalue weighted by molar-refractivity contribution is -0.301. The molecule has 12 nitrogen and oxygen atoms in total. The van der Waals surface area contributed by atoms with E-state index in [0.29, 0.717) is 25.7 Å². The third kappa shape index (κ3) is 40.6. The molecule has 1 saturated heterocycles. The smallest absolute Gasteiger partial charge is 0.335 e. The van der Waals surface area contributed by atoms with Crippen LogP contribution < -0.4 is 0 Å². The van der Waals surface area contributed by atoms with Crippen molar-refractivity contribution in [2.24, 2.45) is 0 Å². The molecule has 0 aromatic heterocycles. The van der Waals surface area contributed by atoms with Crippen LogP contribution in [0.2, 0.25) is 0 Å². The van der Waals surface area contributed by atoms with E-state index in [1.807, 2.05) is 12.2 Å². The molecule has 0 radical (unpaired) electrons. The number of aliphatic carboxylic acids is 1. The number of ether oxygens (including phenoxy) is 5. The minimum atomic E-state index is -1.92. The van der Waals surface area contributed by atoms with Gasteiger partial charge in [-0.25, -0.2) is 4.79 Å². The molecule has 12 heteroatoms. The number of carbonyl (C=O) groups excluding carboxylic acids is 3. The van der Waals surface area contributed by atoms with Gasteiger partial charge in [-0.2, -0.15) is 0 Å². The van der Waals surface area contributed by atoms with E-state index in [1.54, 1.807) is 0 Å². The minimum Gasteiger partial charge on any atom is -0.479 e. The predicted molar refractivity (Wildman–Crippen MR) is 303 cm³/mol. The summed E-state index contributed by atoms with van der Waals surface area (Å²) in [5, 5.41) is 31.4. The van der Waals surface area contributed by atoms with Crippen molar-refractivity contribution < 1.29 is 58.2 Å². The molecule has 1 aliphatic heterocycles. The average Bonchev–Trinajstić information content (AvgIpc) is 3.39. The van der Waals surface area contributed by atoms with E-state index in [0.717, 1.165) is 109 Å². The Morgan fingerprint density at radius 2 is 0.867 bits per heavy atom. The van der Waals surface area contributed by atoms with Crippen molar-refractivity contribution in [2.45, 2.75) is 263 Å². The Morgan fingerprint density at radius 1 is 0.453 bits per heavy atom. The van der Waals surface area contributed by atoms with Crippen molar-refractivity contribution >= 4 is 23.9 Å². The molecule has 0 aromatic carbocycles. The Kier molecular flexibility index (Phi) is 46.2. The molecule has 1 fully saturated rings. The number of carboxylic acid groups (broad SMARTS) is 1. The quantitative estimate of drug-likeness (QED) is 0.0228. The van der Waals surface area contributed by atoms with E-state index in [1.165, 1.54) is 51.4 Å². The minimum absolute atomic E-state index is 0.0338. The van der Waals surface area contributed by atoms with Crippen LogP contribution in [0.15, 0.2) is 97.2 Å². The monoisotopic (exact) mass is 1050 g/mol.